The maximum Gasteiger partial charge on any atom is 0.152 e. The van der Waals surface area contributed by atoms with Crippen LogP contribution in [0.4, 0.5) is 0 Å². The van der Waals surface area contributed by atoms with Gasteiger partial charge in [0.25, 0.3) is 0 Å². The normalized spacial score (nSPS) is 28.2. The summed E-state index contributed by atoms with van der Waals surface area (Å²) in [5.41, 5.74) is 0.794. The van der Waals surface area contributed by atoms with Gasteiger partial charge in [-0.25, -0.2) is 8.42 Å². The first-order valence-corrected chi connectivity index (χ1v) is 8.23. The fraction of sp³-hybridized carbons (Fsp3) is 0.538. The first kappa shape index (κ1) is 13.8. The van der Waals surface area contributed by atoms with Crippen molar-refractivity contribution in [3.63, 3.8) is 0 Å². The number of halogens is 1. The second-order valence-electron chi connectivity index (χ2n) is 5.32. The van der Waals surface area contributed by atoms with Crippen molar-refractivity contribution in [1.29, 1.82) is 0 Å². The highest BCUT2D eigenvalue weighted by Crippen LogP contribution is 2.27. The molecule has 0 amide bonds. The maximum absolute atomic E-state index is 11.6. The highest BCUT2D eigenvalue weighted by Gasteiger charge is 2.38. The highest BCUT2D eigenvalue weighted by molar-refractivity contribution is 7.91. The zero-order valence-electron chi connectivity index (χ0n) is 10.6. The van der Waals surface area contributed by atoms with Crippen molar-refractivity contribution in [2.75, 3.05) is 11.5 Å². The minimum atomic E-state index is -2.87. The molecule has 1 aromatic rings. The lowest BCUT2D eigenvalue weighted by molar-refractivity contribution is 0.355. The van der Waals surface area contributed by atoms with Crippen molar-refractivity contribution in [1.82, 2.24) is 5.32 Å². The molecule has 0 radical (unpaired) electrons. The van der Waals surface area contributed by atoms with Crippen LogP contribution in [0.5, 0.6) is 0 Å². The van der Waals surface area contributed by atoms with Gasteiger partial charge in [0.15, 0.2) is 9.84 Å². The van der Waals surface area contributed by atoms with Gasteiger partial charge in [-0.15, -0.1) is 0 Å². The lowest BCUT2D eigenvalue weighted by atomic mass is 9.98. The lowest BCUT2D eigenvalue weighted by Crippen LogP contribution is -2.44. The molecule has 0 spiro atoms. The zero-order chi connectivity index (χ0) is 13.4. The molecule has 2 atom stereocenters. The summed E-state index contributed by atoms with van der Waals surface area (Å²) in [5, 5.41) is 4.13. The van der Waals surface area contributed by atoms with E-state index in [2.05, 4.69) is 5.32 Å². The van der Waals surface area contributed by atoms with E-state index in [9.17, 15) is 8.42 Å². The average Bonchev–Trinajstić information content (AvgIpc) is 2.53. The van der Waals surface area contributed by atoms with E-state index in [0.717, 1.165) is 5.56 Å². The van der Waals surface area contributed by atoms with Gasteiger partial charge in [-0.05, 0) is 38.0 Å². The predicted octanol–water partition coefficient (Wildman–Crippen LogP) is 2.57. The number of benzene rings is 1. The molecule has 1 fully saturated rings. The van der Waals surface area contributed by atoms with Gasteiger partial charge in [-0.1, -0.05) is 23.7 Å². The van der Waals surface area contributed by atoms with Gasteiger partial charge < -0.3 is 5.32 Å². The van der Waals surface area contributed by atoms with Crippen LogP contribution in [-0.2, 0) is 9.84 Å². The third-order valence-electron chi connectivity index (χ3n) is 3.44. The summed E-state index contributed by atoms with van der Waals surface area (Å²) in [6.07, 6.45) is 0.674. The van der Waals surface area contributed by atoms with Gasteiger partial charge in [0.05, 0.1) is 11.5 Å². The van der Waals surface area contributed by atoms with Crippen molar-refractivity contribution in [3.05, 3.63) is 34.9 Å². The van der Waals surface area contributed by atoms with E-state index < -0.39 is 9.84 Å². The maximum atomic E-state index is 11.6. The van der Waals surface area contributed by atoms with E-state index in [1.807, 2.05) is 38.1 Å². The smallest absolute Gasteiger partial charge is 0.152 e. The van der Waals surface area contributed by atoms with Gasteiger partial charge in [-0.2, -0.15) is 0 Å². The van der Waals surface area contributed by atoms with Crippen LogP contribution < -0.4 is 5.32 Å². The van der Waals surface area contributed by atoms with Gasteiger partial charge in [0, 0.05) is 16.6 Å². The molecule has 0 aliphatic carbocycles. The first-order valence-electron chi connectivity index (χ1n) is 6.03. The quantitative estimate of drug-likeness (QED) is 0.929. The molecular formula is C13H18ClNO2S. The monoisotopic (exact) mass is 287 g/mol. The molecule has 2 unspecified atom stereocenters. The van der Waals surface area contributed by atoms with Crippen molar-refractivity contribution in [3.8, 4) is 0 Å². The van der Waals surface area contributed by atoms with E-state index >= 15 is 0 Å². The molecule has 100 valence electrons. The summed E-state index contributed by atoms with van der Waals surface area (Å²) < 4.78 is 23.1. The number of sulfone groups is 1. The molecule has 1 aliphatic heterocycles. The van der Waals surface area contributed by atoms with Crippen molar-refractivity contribution < 1.29 is 8.42 Å². The van der Waals surface area contributed by atoms with Gasteiger partial charge in [0.1, 0.15) is 0 Å². The fourth-order valence-corrected chi connectivity index (χ4v) is 4.71. The molecule has 1 heterocycles. The van der Waals surface area contributed by atoms with E-state index in [1.165, 1.54) is 0 Å². The molecule has 1 N–H and O–H groups in total. The summed E-state index contributed by atoms with van der Waals surface area (Å²) in [5.74, 6) is 0.502. The Hall–Kier alpha value is -0.580. The minimum Gasteiger partial charge on any atom is -0.304 e. The topological polar surface area (TPSA) is 46.2 Å². The largest absolute Gasteiger partial charge is 0.304 e. The third kappa shape index (κ3) is 3.25. The summed E-state index contributed by atoms with van der Waals surface area (Å²) >= 11 is 5.85. The Bertz CT molecular complexity index is 526. The Morgan fingerprint density at radius 3 is 2.44 bits per heavy atom. The molecule has 1 aliphatic rings. The van der Waals surface area contributed by atoms with Crippen molar-refractivity contribution in [2.45, 2.75) is 31.8 Å². The molecular weight excluding hydrogens is 270 g/mol. The molecule has 18 heavy (non-hydrogen) atoms. The van der Waals surface area contributed by atoms with Crippen LogP contribution in [0.1, 0.15) is 31.9 Å². The first-order chi connectivity index (χ1) is 8.30. The minimum absolute atomic E-state index is 0.112. The Kier molecular flexibility index (Phi) is 3.72. The molecule has 2 rings (SSSR count). The van der Waals surface area contributed by atoms with Crippen LogP contribution in [0.25, 0.3) is 0 Å². The van der Waals surface area contributed by atoms with E-state index in [0.29, 0.717) is 11.4 Å². The Morgan fingerprint density at radius 1 is 1.33 bits per heavy atom. The van der Waals surface area contributed by atoms with Crippen LogP contribution >= 0.6 is 11.6 Å². The summed E-state index contributed by atoms with van der Waals surface area (Å²) in [4.78, 5) is 0. The Morgan fingerprint density at radius 2 is 1.94 bits per heavy atom. The molecule has 1 aromatic carbocycles. The number of hydrogen-bond acceptors (Lipinski definition) is 3. The van der Waals surface area contributed by atoms with E-state index in [4.69, 9.17) is 11.6 Å². The number of hydrogen-bond donors (Lipinski definition) is 1. The van der Waals surface area contributed by atoms with Gasteiger partial charge in [0.2, 0.25) is 0 Å². The van der Waals surface area contributed by atoms with Crippen LogP contribution in [0.2, 0.25) is 5.02 Å². The number of nitrogens with one attached hydrogen (secondary N) is 1. The van der Waals surface area contributed by atoms with E-state index in [-0.39, 0.29) is 23.1 Å². The van der Waals surface area contributed by atoms with Gasteiger partial charge >= 0.3 is 0 Å². The number of rotatable bonds is 3. The van der Waals surface area contributed by atoms with E-state index in [1.54, 1.807) is 0 Å². The predicted molar refractivity (Wildman–Crippen MR) is 74.7 cm³/mol. The second kappa shape index (κ2) is 4.83. The third-order valence-corrected chi connectivity index (χ3v) is 5.59. The molecule has 5 heteroatoms. The molecule has 0 bridgehead atoms. The molecule has 0 aromatic heterocycles. The zero-order valence-corrected chi connectivity index (χ0v) is 12.2. The standard InChI is InChI=1S/C13H18ClNO2S/c1-10(11-3-5-12(14)6-4-11)15-13(2)7-8-18(16,17)9-13/h3-6,10,15H,7-9H2,1-2H3. The fourth-order valence-electron chi connectivity index (χ4n) is 2.48. The SMILES string of the molecule is CC(NC1(C)CCS(=O)(=O)C1)c1ccc(Cl)cc1. The highest BCUT2D eigenvalue weighted by atomic mass is 35.5. The summed E-state index contributed by atoms with van der Waals surface area (Å²) in [6, 6.07) is 7.74. The Labute approximate surface area is 113 Å². The lowest BCUT2D eigenvalue weighted by Gasteiger charge is -2.28. The summed E-state index contributed by atoms with van der Waals surface area (Å²) in [7, 11) is -2.87. The van der Waals surface area contributed by atoms with Crippen LogP contribution in [0, 0.1) is 0 Å². The van der Waals surface area contributed by atoms with Crippen LogP contribution in [0.15, 0.2) is 24.3 Å². The van der Waals surface area contributed by atoms with Crippen LogP contribution in [0.3, 0.4) is 0 Å². The average molecular weight is 288 g/mol. The Balaban J connectivity index is 2.08. The molecule has 3 nitrogen and oxygen atoms in total. The molecule has 1 saturated heterocycles. The molecule has 0 saturated carbocycles. The van der Waals surface area contributed by atoms with Crippen LogP contribution in [-0.4, -0.2) is 25.5 Å². The van der Waals surface area contributed by atoms with Gasteiger partial charge in [-0.3, -0.25) is 0 Å². The second-order valence-corrected chi connectivity index (χ2v) is 7.94. The summed E-state index contributed by atoms with van der Waals surface area (Å²) in [6.45, 7) is 4.02. The van der Waals surface area contributed by atoms with Crippen molar-refractivity contribution in [2.24, 2.45) is 0 Å². The van der Waals surface area contributed by atoms with Crippen molar-refractivity contribution >= 4 is 21.4 Å².